The number of amides is 1. The van der Waals surface area contributed by atoms with Gasteiger partial charge in [0.2, 0.25) is 0 Å². The molecule has 2 aromatic heterocycles. The van der Waals surface area contributed by atoms with Crippen LogP contribution in [0.2, 0.25) is 0 Å². The lowest BCUT2D eigenvalue weighted by Gasteiger charge is -2.43. The monoisotopic (exact) mass is 362 g/mol. The van der Waals surface area contributed by atoms with E-state index in [0.29, 0.717) is 12.2 Å². The number of imidazole rings is 1. The van der Waals surface area contributed by atoms with Crippen molar-refractivity contribution in [2.45, 2.75) is 25.0 Å². The number of fused-ring (bicyclic) bond motifs is 1. The lowest BCUT2D eigenvalue weighted by molar-refractivity contribution is 0.0584. The van der Waals surface area contributed by atoms with Crippen molar-refractivity contribution < 1.29 is 4.79 Å². The number of benzene rings is 1. The predicted molar refractivity (Wildman–Crippen MR) is 101 cm³/mol. The van der Waals surface area contributed by atoms with Gasteiger partial charge in [0.1, 0.15) is 11.5 Å². The van der Waals surface area contributed by atoms with Crippen molar-refractivity contribution in [3.8, 4) is 11.3 Å². The second kappa shape index (κ2) is 6.06. The van der Waals surface area contributed by atoms with E-state index in [9.17, 15) is 4.79 Å². The Morgan fingerprint density at radius 3 is 2.81 bits per heavy atom. The first-order valence-corrected chi connectivity index (χ1v) is 9.26. The molecule has 2 aliphatic rings. The number of aromatic nitrogens is 4. The van der Waals surface area contributed by atoms with E-state index in [0.717, 1.165) is 37.6 Å². The lowest BCUT2D eigenvalue weighted by atomic mass is 9.94. The number of H-pyrrole nitrogens is 1. The minimum absolute atomic E-state index is 0.0254. The van der Waals surface area contributed by atoms with Crippen molar-refractivity contribution in [3.05, 3.63) is 60.3 Å². The lowest BCUT2D eigenvalue weighted by Crippen LogP contribution is -2.55. The maximum Gasteiger partial charge on any atom is 0.271 e. The number of nitrogens with one attached hydrogen (secondary N) is 1. The van der Waals surface area contributed by atoms with Crippen LogP contribution < -0.4 is 0 Å². The van der Waals surface area contributed by atoms with Crippen molar-refractivity contribution in [2.24, 2.45) is 0 Å². The number of likely N-dealkylation sites (N-methyl/N-ethyl adjacent to an activating group) is 1. The second-order valence-corrected chi connectivity index (χ2v) is 7.54. The van der Waals surface area contributed by atoms with Crippen LogP contribution in [0, 0.1) is 0 Å². The molecule has 1 aromatic carbocycles. The summed E-state index contributed by atoms with van der Waals surface area (Å²) >= 11 is 0. The molecule has 1 saturated heterocycles. The fourth-order valence-corrected chi connectivity index (χ4v) is 4.37. The van der Waals surface area contributed by atoms with Gasteiger partial charge in [-0.1, -0.05) is 30.3 Å². The highest BCUT2D eigenvalue weighted by atomic mass is 16.2. The Morgan fingerprint density at radius 2 is 2.04 bits per heavy atom. The molecule has 2 aliphatic heterocycles. The zero-order chi connectivity index (χ0) is 18.4. The van der Waals surface area contributed by atoms with Crippen LogP contribution >= 0.6 is 0 Å². The summed E-state index contributed by atoms with van der Waals surface area (Å²) in [5.74, 6) is 1.11. The molecule has 0 saturated carbocycles. The molecule has 1 atom stereocenters. The van der Waals surface area contributed by atoms with Crippen LogP contribution in [-0.4, -0.2) is 61.1 Å². The summed E-state index contributed by atoms with van der Waals surface area (Å²) in [5.41, 5.74) is 2.82. The summed E-state index contributed by atoms with van der Waals surface area (Å²) in [6, 6.07) is 12.1. The van der Waals surface area contributed by atoms with Gasteiger partial charge in [0.15, 0.2) is 0 Å². The molecular formula is C20H22N6O. The van der Waals surface area contributed by atoms with E-state index < -0.39 is 0 Å². The van der Waals surface area contributed by atoms with Gasteiger partial charge in [-0.15, -0.1) is 0 Å². The molecule has 0 radical (unpaired) electrons. The topological polar surface area (TPSA) is 70.1 Å². The van der Waals surface area contributed by atoms with E-state index >= 15 is 0 Å². The predicted octanol–water partition coefficient (Wildman–Crippen LogP) is 2.00. The zero-order valence-electron chi connectivity index (χ0n) is 15.3. The quantitative estimate of drug-likeness (QED) is 0.757. The molecule has 138 valence electrons. The number of nitrogens with zero attached hydrogens (tertiary/aromatic N) is 5. The number of carbonyl (C=O) groups excluding carboxylic acids is 1. The van der Waals surface area contributed by atoms with E-state index in [2.05, 4.69) is 56.0 Å². The van der Waals surface area contributed by atoms with E-state index in [1.165, 1.54) is 5.56 Å². The first-order chi connectivity index (χ1) is 13.2. The SMILES string of the molecule is CN1Cc2ncc(-c3ccccc3)n2CC12CCN(C(=O)c1ccn[nH]1)C2. The van der Waals surface area contributed by atoms with Gasteiger partial charge in [-0.05, 0) is 25.1 Å². The molecule has 7 heteroatoms. The van der Waals surface area contributed by atoms with Crippen molar-refractivity contribution in [1.29, 1.82) is 0 Å². The third kappa shape index (κ3) is 2.57. The molecule has 1 spiro atoms. The number of likely N-dealkylation sites (tertiary alicyclic amines) is 1. The molecule has 1 N–H and O–H groups in total. The number of rotatable bonds is 2. The molecular weight excluding hydrogens is 340 g/mol. The third-order valence-electron chi connectivity index (χ3n) is 6.00. The Labute approximate surface area is 157 Å². The average Bonchev–Trinajstić information content (AvgIpc) is 3.43. The summed E-state index contributed by atoms with van der Waals surface area (Å²) < 4.78 is 2.33. The van der Waals surface area contributed by atoms with Crippen LogP contribution in [-0.2, 0) is 13.1 Å². The number of hydrogen-bond acceptors (Lipinski definition) is 4. The van der Waals surface area contributed by atoms with Gasteiger partial charge in [0, 0.05) is 25.8 Å². The largest absolute Gasteiger partial charge is 0.335 e. The van der Waals surface area contributed by atoms with Crippen molar-refractivity contribution >= 4 is 5.91 Å². The molecule has 5 rings (SSSR count). The first kappa shape index (κ1) is 16.3. The van der Waals surface area contributed by atoms with E-state index in [-0.39, 0.29) is 11.4 Å². The fourth-order valence-electron chi connectivity index (χ4n) is 4.37. The molecule has 0 aliphatic carbocycles. The minimum Gasteiger partial charge on any atom is -0.335 e. The highest BCUT2D eigenvalue weighted by Gasteiger charge is 2.46. The summed E-state index contributed by atoms with van der Waals surface area (Å²) in [7, 11) is 2.14. The molecule has 27 heavy (non-hydrogen) atoms. The Hall–Kier alpha value is -2.93. The Balaban J connectivity index is 1.45. The molecule has 7 nitrogen and oxygen atoms in total. The number of hydrogen-bond donors (Lipinski definition) is 1. The van der Waals surface area contributed by atoms with Gasteiger partial charge in [0.05, 0.1) is 24.0 Å². The molecule has 1 fully saturated rings. The van der Waals surface area contributed by atoms with Gasteiger partial charge in [-0.25, -0.2) is 4.98 Å². The summed E-state index contributed by atoms with van der Waals surface area (Å²) in [5, 5.41) is 6.69. The number of carbonyl (C=O) groups is 1. The summed E-state index contributed by atoms with van der Waals surface area (Å²) in [4.78, 5) is 21.7. The fraction of sp³-hybridized carbons (Fsp3) is 0.350. The highest BCUT2D eigenvalue weighted by Crippen LogP contribution is 2.36. The zero-order valence-corrected chi connectivity index (χ0v) is 15.3. The smallest absolute Gasteiger partial charge is 0.271 e. The van der Waals surface area contributed by atoms with Crippen molar-refractivity contribution in [1.82, 2.24) is 29.5 Å². The Bertz CT molecular complexity index is 964. The van der Waals surface area contributed by atoms with Crippen LogP contribution in [0.25, 0.3) is 11.3 Å². The van der Waals surface area contributed by atoms with Gasteiger partial charge >= 0.3 is 0 Å². The Morgan fingerprint density at radius 1 is 1.19 bits per heavy atom. The summed E-state index contributed by atoms with van der Waals surface area (Å²) in [6.45, 7) is 3.11. The normalized spacial score (nSPS) is 22.3. The number of aromatic amines is 1. The van der Waals surface area contributed by atoms with E-state index in [4.69, 9.17) is 0 Å². The van der Waals surface area contributed by atoms with E-state index in [1.807, 2.05) is 17.2 Å². The molecule has 3 aromatic rings. The van der Waals surface area contributed by atoms with Crippen molar-refractivity contribution in [2.75, 3.05) is 20.1 Å². The Kier molecular flexibility index (Phi) is 3.65. The second-order valence-electron chi connectivity index (χ2n) is 7.54. The van der Waals surface area contributed by atoms with Gasteiger partial charge in [-0.3, -0.25) is 14.8 Å². The molecule has 1 amide bonds. The maximum atomic E-state index is 12.7. The van der Waals surface area contributed by atoms with Crippen LogP contribution in [0.15, 0.2) is 48.8 Å². The van der Waals surface area contributed by atoms with Crippen LogP contribution in [0.5, 0.6) is 0 Å². The van der Waals surface area contributed by atoms with Crippen LogP contribution in [0.4, 0.5) is 0 Å². The molecule has 4 heterocycles. The van der Waals surface area contributed by atoms with Gasteiger partial charge in [-0.2, -0.15) is 5.10 Å². The molecule has 0 bridgehead atoms. The van der Waals surface area contributed by atoms with Gasteiger partial charge < -0.3 is 9.47 Å². The molecule has 1 unspecified atom stereocenters. The highest BCUT2D eigenvalue weighted by molar-refractivity contribution is 5.92. The van der Waals surface area contributed by atoms with Crippen LogP contribution in [0.3, 0.4) is 0 Å². The standard InChI is InChI=1S/C20H22N6O/c1-24-12-18-21-11-17(15-5-3-2-4-6-15)26(18)14-20(24)8-10-25(13-20)19(27)16-7-9-22-23-16/h2-7,9,11H,8,10,12-14H2,1H3,(H,22,23). The van der Waals surface area contributed by atoms with Crippen LogP contribution in [0.1, 0.15) is 22.7 Å². The van der Waals surface area contributed by atoms with Gasteiger partial charge in [0.25, 0.3) is 5.91 Å². The first-order valence-electron chi connectivity index (χ1n) is 9.26. The third-order valence-corrected chi connectivity index (χ3v) is 6.00. The van der Waals surface area contributed by atoms with E-state index in [1.54, 1.807) is 12.3 Å². The average molecular weight is 362 g/mol. The minimum atomic E-state index is -0.0626. The van der Waals surface area contributed by atoms with Crippen molar-refractivity contribution in [3.63, 3.8) is 0 Å². The summed E-state index contributed by atoms with van der Waals surface area (Å²) in [6.07, 6.45) is 4.55. The maximum absolute atomic E-state index is 12.7.